The van der Waals surface area contributed by atoms with Crippen molar-refractivity contribution in [1.82, 2.24) is 15.5 Å². The highest BCUT2D eigenvalue weighted by Gasteiger charge is 2.40. The van der Waals surface area contributed by atoms with E-state index >= 15 is 0 Å². The van der Waals surface area contributed by atoms with Gasteiger partial charge in [-0.2, -0.15) is 0 Å². The molecule has 2 unspecified atom stereocenters. The number of esters is 1. The molecule has 1 aromatic carbocycles. The zero-order valence-corrected chi connectivity index (χ0v) is 21.8. The van der Waals surface area contributed by atoms with Crippen LogP contribution in [-0.4, -0.2) is 59.6 Å². The molecule has 3 amide bonds. The van der Waals surface area contributed by atoms with Gasteiger partial charge in [0.1, 0.15) is 17.7 Å². The molecule has 1 saturated carbocycles. The predicted octanol–water partition coefficient (Wildman–Crippen LogP) is 3.07. The van der Waals surface area contributed by atoms with Crippen LogP contribution in [0.2, 0.25) is 0 Å². The van der Waals surface area contributed by atoms with Gasteiger partial charge in [0, 0.05) is 18.2 Å². The maximum absolute atomic E-state index is 13.7. The third-order valence-electron chi connectivity index (χ3n) is 5.68. The summed E-state index contributed by atoms with van der Waals surface area (Å²) >= 11 is 0. The molecule has 1 aromatic rings. The summed E-state index contributed by atoms with van der Waals surface area (Å²) in [6, 6.07) is 4.78. The van der Waals surface area contributed by atoms with Crippen molar-refractivity contribution in [2.24, 2.45) is 0 Å². The van der Waals surface area contributed by atoms with Crippen molar-refractivity contribution in [1.29, 1.82) is 0 Å². The minimum atomic E-state index is -0.972. The number of terminal acetylenes is 1. The molecular formula is C27H37N3O6. The van der Waals surface area contributed by atoms with Crippen LogP contribution in [0.1, 0.15) is 77.5 Å². The Bertz CT molecular complexity index is 973. The number of hydrogen-bond acceptors (Lipinski definition) is 6. The molecule has 0 aliphatic heterocycles. The topological polar surface area (TPSA) is 114 Å². The summed E-state index contributed by atoms with van der Waals surface area (Å²) in [5.41, 5.74) is 0.495. The van der Waals surface area contributed by atoms with Crippen LogP contribution in [-0.2, 0) is 23.9 Å². The van der Waals surface area contributed by atoms with Crippen molar-refractivity contribution >= 4 is 23.9 Å². The second-order valence-electron chi connectivity index (χ2n) is 9.71. The number of benzene rings is 1. The molecular weight excluding hydrogens is 462 g/mol. The molecule has 0 aromatic heterocycles. The molecule has 0 radical (unpaired) electrons. The molecule has 0 spiro atoms. The SMILES string of the molecule is C#Cc1ccc(C(C(=O)NCCC(=O)OCC)N(C(=O)C(C)NC(=O)OC(C)(C)C)C2CCC2)cc1. The molecule has 1 aliphatic carbocycles. The van der Waals surface area contributed by atoms with E-state index in [1.165, 1.54) is 4.90 Å². The number of amides is 3. The van der Waals surface area contributed by atoms with Crippen LogP contribution in [0.15, 0.2) is 24.3 Å². The number of carbonyl (C=O) groups is 4. The molecule has 9 heteroatoms. The molecule has 1 aliphatic rings. The summed E-state index contributed by atoms with van der Waals surface area (Å²) in [6.45, 7) is 8.79. The van der Waals surface area contributed by atoms with E-state index in [1.54, 1.807) is 58.9 Å². The van der Waals surface area contributed by atoms with Gasteiger partial charge in [-0.25, -0.2) is 4.79 Å². The lowest BCUT2D eigenvalue weighted by molar-refractivity contribution is -0.147. The van der Waals surface area contributed by atoms with Crippen LogP contribution in [0.4, 0.5) is 4.79 Å². The summed E-state index contributed by atoms with van der Waals surface area (Å²) < 4.78 is 10.2. The van der Waals surface area contributed by atoms with E-state index < -0.39 is 41.6 Å². The first-order valence-electron chi connectivity index (χ1n) is 12.3. The zero-order valence-electron chi connectivity index (χ0n) is 21.8. The second kappa shape index (κ2) is 13.0. The first-order chi connectivity index (χ1) is 17.0. The van der Waals surface area contributed by atoms with E-state index in [4.69, 9.17) is 15.9 Å². The lowest BCUT2D eigenvalue weighted by atomic mass is 9.88. The van der Waals surface area contributed by atoms with Crippen molar-refractivity contribution in [3.63, 3.8) is 0 Å². The molecule has 0 heterocycles. The fraction of sp³-hybridized carbons (Fsp3) is 0.556. The first-order valence-corrected chi connectivity index (χ1v) is 12.3. The van der Waals surface area contributed by atoms with Gasteiger partial charge in [-0.15, -0.1) is 6.42 Å². The molecule has 9 nitrogen and oxygen atoms in total. The highest BCUT2D eigenvalue weighted by Crippen LogP contribution is 2.33. The number of nitrogens with zero attached hydrogens (tertiary/aromatic N) is 1. The number of alkyl carbamates (subject to hydrolysis) is 1. The van der Waals surface area contributed by atoms with Gasteiger partial charge in [-0.05, 0) is 71.6 Å². The fourth-order valence-electron chi connectivity index (χ4n) is 3.77. The molecule has 1 fully saturated rings. The zero-order chi connectivity index (χ0) is 26.9. The summed E-state index contributed by atoms with van der Waals surface area (Å²) in [4.78, 5) is 52.7. The van der Waals surface area contributed by atoms with Crippen molar-refractivity contribution in [3.8, 4) is 12.3 Å². The average molecular weight is 500 g/mol. The van der Waals surface area contributed by atoms with E-state index in [1.807, 2.05) is 0 Å². The Balaban J connectivity index is 2.32. The molecule has 2 rings (SSSR count). The summed E-state index contributed by atoms with van der Waals surface area (Å²) in [6.07, 6.45) is 7.17. The third kappa shape index (κ3) is 8.29. The van der Waals surface area contributed by atoms with Crippen LogP contribution >= 0.6 is 0 Å². The molecule has 196 valence electrons. The number of nitrogens with one attached hydrogen (secondary N) is 2. The molecule has 2 N–H and O–H groups in total. The quantitative estimate of drug-likeness (QED) is 0.378. The molecule has 36 heavy (non-hydrogen) atoms. The van der Waals surface area contributed by atoms with Crippen LogP contribution in [0.3, 0.4) is 0 Å². The highest BCUT2D eigenvalue weighted by molar-refractivity contribution is 5.92. The molecule has 0 bridgehead atoms. The van der Waals surface area contributed by atoms with Gasteiger partial charge in [0.2, 0.25) is 11.8 Å². The van der Waals surface area contributed by atoms with Crippen molar-refractivity contribution in [2.45, 2.75) is 84.0 Å². The van der Waals surface area contributed by atoms with E-state index in [0.717, 1.165) is 19.3 Å². The van der Waals surface area contributed by atoms with Gasteiger partial charge < -0.3 is 25.0 Å². The Kier molecular flexibility index (Phi) is 10.3. The number of carbonyl (C=O) groups excluding carboxylic acids is 4. The number of rotatable bonds is 10. The lowest BCUT2D eigenvalue weighted by Crippen LogP contribution is -2.56. The monoisotopic (exact) mass is 499 g/mol. The number of ether oxygens (including phenoxy) is 2. The van der Waals surface area contributed by atoms with Gasteiger partial charge in [-0.1, -0.05) is 18.1 Å². The Morgan fingerprint density at radius 1 is 1.17 bits per heavy atom. The summed E-state index contributed by atoms with van der Waals surface area (Å²) in [5.74, 6) is 1.28. The van der Waals surface area contributed by atoms with E-state index in [-0.39, 0.29) is 25.6 Å². The molecule has 0 saturated heterocycles. The summed E-state index contributed by atoms with van der Waals surface area (Å²) in [7, 11) is 0. The van der Waals surface area contributed by atoms with E-state index in [0.29, 0.717) is 11.1 Å². The van der Waals surface area contributed by atoms with Crippen molar-refractivity contribution in [3.05, 3.63) is 35.4 Å². The van der Waals surface area contributed by atoms with Crippen LogP contribution in [0.5, 0.6) is 0 Å². The van der Waals surface area contributed by atoms with Crippen LogP contribution in [0.25, 0.3) is 0 Å². The van der Waals surface area contributed by atoms with Crippen molar-refractivity contribution in [2.75, 3.05) is 13.2 Å². The Labute approximate surface area is 213 Å². The second-order valence-corrected chi connectivity index (χ2v) is 9.71. The van der Waals surface area contributed by atoms with Gasteiger partial charge in [-0.3, -0.25) is 14.4 Å². The van der Waals surface area contributed by atoms with Gasteiger partial charge in [0.15, 0.2) is 0 Å². The lowest BCUT2D eigenvalue weighted by Gasteiger charge is -2.43. The maximum Gasteiger partial charge on any atom is 0.408 e. The van der Waals surface area contributed by atoms with Crippen LogP contribution in [0, 0.1) is 12.3 Å². The van der Waals surface area contributed by atoms with E-state index in [2.05, 4.69) is 16.6 Å². The third-order valence-corrected chi connectivity index (χ3v) is 5.68. The highest BCUT2D eigenvalue weighted by atomic mass is 16.6. The van der Waals surface area contributed by atoms with Gasteiger partial charge in [0.25, 0.3) is 0 Å². The standard InChI is InChI=1S/C27H37N3O6/c1-7-19-12-14-20(15-13-19)23(24(32)28-17-16-22(31)35-8-2)30(21-10-9-11-21)25(33)18(3)29-26(34)36-27(4,5)6/h1,12-15,18,21,23H,8-11,16-17H2,2-6H3,(H,28,32)(H,29,34). The first kappa shape index (κ1) is 28.7. The molecule has 2 atom stereocenters. The van der Waals surface area contributed by atoms with E-state index in [9.17, 15) is 19.2 Å². The average Bonchev–Trinajstić information content (AvgIpc) is 2.76. The minimum absolute atomic E-state index is 0.0102. The number of hydrogen-bond donors (Lipinski definition) is 2. The maximum atomic E-state index is 13.7. The van der Waals surface area contributed by atoms with Crippen LogP contribution < -0.4 is 10.6 Å². The largest absolute Gasteiger partial charge is 0.466 e. The minimum Gasteiger partial charge on any atom is -0.466 e. The smallest absolute Gasteiger partial charge is 0.408 e. The fourth-order valence-corrected chi connectivity index (χ4v) is 3.77. The Morgan fingerprint density at radius 2 is 1.81 bits per heavy atom. The van der Waals surface area contributed by atoms with Gasteiger partial charge >= 0.3 is 12.1 Å². The predicted molar refractivity (Wildman–Crippen MR) is 135 cm³/mol. The summed E-state index contributed by atoms with van der Waals surface area (Å²) in [5, 5.41) is 5.35. The van der Waals surface area contributed by atoms with Gasteiger partial charge in [0.05, 0.1) is 13.0 Å². The Morgan fingerprint density at radius 3 is 2.31 bits per heavy atom. The Hall–Kier alpha value is -3.54. The normalized spacial score (nSPS) is 14.9. The van der Waals surface area contributed by atoms with Crippen molar-refractivity contribution < 1.29 is 28.7 Å².